The van der Waals surface area contributed by atoms with Gasteiger partial charge in [-0.3, -0.25) is 0 Å². The zero-order valence-electron chi connectivity index (χ0n) is 69.1. The maximum absolute atomic E-state index is 11.5. The van der Waals surface area contributed by atoms with Gasteiger partial charge in [0.2, 0.25) is 0 Å². The predicted octanol–water partition coefficient (Wildman–Crippen LogP) is 24.5. The summed E-state index contributed by atoms with van der Waals surface area (Å²) in [5.41, 5.74) is 28.4. The first-order chi connectivity index (χ1) is 45.3. The lowest BCUT2D eigenvalue weighted by atomic mass is 9.89. The Labute approximate surface area is 616 Å². The average molecular weight is 1460 g/mol. The molecule has 3 unspecified atom stereocenters. The molecule has 4 heterocycles. The van der Waals surface area contributed by atoms with Crippen molar-refractivity contribution in [3.05, 3.63) is 173 Å². The van der Waals surface area contributed by atoms with Crippen molar-refractivity contribution in [3.8, 4) is 0 Å². The molecule has 0 nitrogen and oxygen atoms in total. The van der Waals surface area contributed by atoms with Crippen LogP contribution in [0.4, 0.5) is 0 Å². The normalized spacial score (nSPS) is 21.8. The van der Waals surface area contributed by atoms with Gasteiger partial charge in [-0.15, -0.1) is 0 Å². The van der Waals surface area contributed by atoms with Gasteiger partial charge in [0.25, 0.3) is 0 Å². The lowest BCUT2D eigenvalue weighted by Gasteiger charge is -2.71. The standard InChI is InChI=1S/C90H138Cl2Si6/c1-49(2)67-37-73(55(13)14)85(74(38-67)56(15)16)93(91,86-75(57(17)18)39-68(50(3)4)40-76(86)58(19)20)98-95(88-79(61(25)26)43-70(52(7)8)44-80(88)62(27)28)94(92,87-77(59(21)22)41-69(51(5)6)42-78(87)60(23)24)96(98,89-81(63(29)30)45-71(53(9)10)46-82(89)64(31)32)97(95,98)90-83(65(33)34)47-72(54(11)12)48-84(90)66(35)36/h37-66H,1-36H3/t94?,95-,96+,97?,98?. The van der Waals surface area contributed by atoms with E-state index < -0.39 is 39.3 Å². The highest BCUT2D eigenvalue weighted by Gasteiger charge is 3.36. The van der Waals surface area contributed by atoms with Crippen LogP contribution in [0.1, 0.15) is 456 Å². The highest BCUT2D eigenvalue weighted by Crippen LogP contribution is 2.93. The summed E-state index contributed by atoms with van der Waals surface area (Å²) in [6.07, 6.45) is -6.93. The van der Waals surface area contributed by atoms with Gasteiger partial charge in [-0.2, -0.15) is 22.2 Å². The van der Waals surface area contributed by atoms with E-state index in [2.05, 4.69) is 322 Å². The first kappa shape index (κ1) is 79.3. The third-order valence-corrected chi connectivity index (χ3v) is 249. The molecule has 0 amide bonds. The third-order valence-electron chi connectivity index (χ3n) is 25.2. The highest BCUT2D eigenvalue weighted by atomic mass is 35.6. The van der Waals surface area contributed by atoms with Crippen molar-refractivity contribution in [2.75, 3.05) is 0 Å². The number of halogens is 2. The fourth-order valence-corrected chi connectivity index (χ4v) is 565. The summed E-state index contributed by atoms with van der Waals surface area (Å²) in [7, 11) is 0. The summed E-state index contributed by atoms with van der Waals surface area (Å²) < 4.78 is 0. The molecule has 6 aromatic rings. The number of hydrogen-bond donors (Lipinski definition) is 0. The van der Waals surface area contributed by atoms with E-state index in [1.165, 1.54) is 33.4 Å². The Kier molecular flexibility index (Phi) is 22.6. The molecule has 4 fully saturated rings. The van der Waals surface area contributed by atoms with Gasteiger partial charge in [0.15, 0.2) is 13.3 Å². The Morgan fingerprint density at radius 2 is 0.347 bits per heavy atom. The van der Waals surface area contributed by atoms with Gasteiger partial charge in [0, 0.05) is 0 Å². The van der Waals surface area contributed by atoms with Gasteiger partial charge < -0.3 is 0 Å². The predicted molar refractivity (Wildman–Crippen MR) is 456 cm³/mol. The molecule has 0 saturated carbocycles. The number of rotatable bonds is 25. The van der Waals surface area contributed by atoms with Gasteiger partial charge in [-0.05, 0) is 222 Å². The lowest BCUT2D eigenvalue weighted by Crippen LogP contribution is -3.12. The first-order valence-corrected chi connectivity index (χ1v) is 61.8. The molecular weight excluding hydrogens is 1320 g/mol. The summed E-state index contributed by atoms with van der Waals surface area (Å²) in [6, 6.07) is 33.8. The van der Waals surface area contributed by atoms with Crippen LogP contribution in [0.2, 0.25) is 0 Å². The minimum atomic E-state index is -3.89. The SMILES string of the molecule is CC(C)c1cc(C(C)C)c([Si](Cl)(c2c(C(C)C)cc(C(C)C)cc2C(C)C)[Si]23[Si]4(c5c(C(C)C)cc(C(C)C)cc5C(C)C)[Si@]2(c2c(C(C)C)cc(C(C)C)cc2C(C)C)[Si](Cl)(c2c(C(C)C)cc(C(C)C)cc2C(C)C)[Si@]43c2c(C(C)C)cc(C(C)C)cc2C(C)C)c(C(C)C)c1. The van der Waals surface area contributed by atoms with E-state index in [-0.39, 0.29) is 59.2 Å². The molecule has 2 bridgehead atoms. The molecule has 0 N–H and O–H groups in total. The van der Waals surface area contributed by atoms with Gasteiger partial charge >= 0.3 is 0 Å². The molecular formula is C90H138Cl2Si6. The molecule has 0 aromatic heterocycles. The number of benzene rings is 6. The molecule has 536 valence electrons. The van der Waals surface area contributed by atoms with Gasteiger partial charge in [0.1, 0.15) is 0 Å². The largest absolute Gasteiger partial charge is 0.199 e. The van der Waals surface area contributed by atoms with Gasteiger partial charge in [-0.25, -0.2) is 0 Å². The zero-order valence-corrected chi connectivity index (χ0v) is 76.6. The van der Waals surface area contributed by atoms with Crippen molar-refractivity contribution < 1.29 is 0 Å². The van der Waals surface area contributed by atoms with Crippen LogP contribution in [0.25, 0.3) is 0 Å². The van der Waals surface area contributed by atoms with Crippen LogP contribution in [0.5, 0.6) is 0 Å². The maximum Gasteiger partial charge on any atom is 0.199 e. The Bertz CT molecular complexity index is 3650. The Morgan fingerprint density at radius 3 is 0.500 bits per heavy atom. The van der Waals surface area contributed by atoms with Crippen LogP contribution < -0.4 is 31.1 Å². The summed E-state index contributed by atoms with van der Waals surface area (Å²) in [6.45, 7) is 78.1. The third kappa shape index (κ3) is 10.9. The van der Waals surface area contributed by atoms with Gasteiger partial charge in [0.05, 0.1) is 26.0 Å². The van der Waals surface area contributed by atoms with Crippen LogP contribution in [-0.4, -0.2) is 39.3 Å². The second-order valence-electron chi connectivity index (χ2n) is 37.5. The molecule has 4 aliphatic heterocycles. The van der Waals surface area contributed by atoms with E-state index in [9.17, 15) is 22.2 Å². The van der Waals surface area contributed by atoms with Crippen LogP contribution >= 0.6 is 22.2 Å². The van der Waals surface area contributed by atoms with Gasteiger partial charge in [-0.1, -0.05) is 338 Å². The molecule has 10 rings (SSSR count). The highest BCUT2D eigenvalue weighted by molar-refractivity contribution is 8.92. The molecule has 5 atom stereocenters. The van der Waals surface area contributed by atoms with Crippen molar-refractivity contribution in [1.29, 1.82) is 0 Å². The van der Waals surface area contributed by atoms with Crippen molar-refractivity contribution in [2.24, 2.45) is 0 Å². The minimum absolute atomic E-state index is 0.243. The van der Waals surface area contributed by atoms with Crippen LogP contribution in [0.3, 0.4) is 0 Å². The number of hydrogen-bond acceptors (Lipinski definition) is 0. The molecule has 0 aliphatic carbocycles. The summed E-state index contributed by atoms with van der Waals surface area (Å²) in [5, 5.41) is 10.8. The minimum Gasteiger partial charge on any atom is -0.168 e. The first-order valence-electron chi connectivity index (χ1n) is 39.8. The van der Waals surface area contributed by atoms with Crippen molar-refractivity contribution >= 4 is 92.6 Å². The van der Waals surface area contributed by atoms with Crippen molar-refractivity contribution in [2.45, 2.75) is 356 Å². The lowest BCUT2D eigenvalue weighted by molar-refractivity contribution is 0.809. The van der Waals surface area contributed by atoms with E-state index in [1.807, 2.05) is 15.6 Å². The van der Waals surface area contributed by atoms with E-state index >= 15 is 0 Å². The zero-order chi connectivity index (χ0) is 73.7. The monoisotopic (exact) mass is 1460 g/mol. The van der Waals surface area contributed by atoms with Crippen LogP contribution in [-0.2, 0) is 0 Å². The van der Waals surface area contributed by atoms with Crippen molar-refractivity contribution in [1.82, 2.24) is 0 Å². The summed E-state index contributed by atoms with van der Waals surface area (Å²) in [4.78, 5) is 0. The van der Waals surface area contributed by atoms with E-state index in [4.69, 9.17) is 0 Å². The molecule has 4 aliphatic rings. The molecule has 0 radical (unpaired) electrons. The smallest absolute Gasteiger partial charge is 0.168 e. The summed E-state index contributed by atoms with van der Waals surface area (Å²) in [5.74, 6) is 5.45. The quantitative estimate of drug-likeness (QED) is 0.0396. The van der Waals surface area contributed by atoms with Crippen LogP contribution in [0, 0.1) is 0 Å². The summed E-state index contributed by atoms with van der Waals surface area (Å²) >= 11 is 22.7. The average Bonchev–Trinajstić information content (AvgIpc) is 1.29. The molecule has 6 aromatic carbocycles. The molecule has 98 heavy (non-hydrogen) atoms. The molecule has 0 spiro atoms. The van der Waals surface area contributed by atoms with E-state index in [0.29, 0.717) is 47.3 Å². The second kappa shape index (κ2) is 27.9. The molecule has 4 saturated heterocycles. The maximum atomic E-state index is 11.5. The Morgan fingerprint density at radius 1 is 0.204 bits per heavy atom. The Balaban J connectivity index is 1.91. The molecule has 8 heteroatoms. The van der Waals surface area contributed by atoms with Crippen LogP contribution in [0.15, 0.2) is 72.8 Å². The van der Waals surface area contributed by atoms with E-state index in [0.717, 1.165) is 0 Å². The Hall–Kier alpha value is -2.80. The van der Waals surface area contributed by atoms with E-state index in [1.54, 1.807) is 82.3 Å². The topological polar surface area (TPSA) is 0 Å². The second-order valence-corrected chi connectivity index (χ2v) is 115. The fraction of sp³-hybridized carbons (Fsp3) is 0.600. The van der Waals surface area contributed by atoms with Crippen molar-refractivity contribution in [3.63, 3.8) is 0 Å². The fourth-order valence-electron chi connectivity index (χ4n) is 20.3.